The average molecular weight is 407 g/mol. The van der Waals surface area contributed by atoms with Gasteiger partial charge in [0.05, 0.1) is 22.2 Å². The number of aliphatic hydroxyl groups excluding tert-OH is 1. The fourth-order valence-corrected chi connectivity index (χ4v) is 3.53. The van der Waals surface area contributed by atoms with Crippen LogP contribution in [0.5, 0.6) is 5.75 Å². The summed E-state index contributed by atoms with van der Waals surface area (Å²) < 4.78 is 5.71. The van der Waals surface area contributed by atoms with Crippen molar-refractivity contribution in [2.45, 2.75) is 25.9 Å². The van der Waals surface area contributed by atoms with E-state index in [2.05, 4.69) is 0 Å². The van der Waals surface area contributed by atoms with Gasteiger partial charge in [0.25, 0.3) is 0 Å². The molecular formula is C21H20Cl2O4. The molecule has 1 aliphatic carbocycles. The quantitative estimate of drug-likeness (QED) is 0.607. The third-order valence-electron chi connectivity index (χ3n) is 4.56. The van der Waals surface area contributed by atoms with Crippen molar-refractivity contribution in [3.63, 3.8) is 0 Å². The lowest BCUT2D eigenvalue weighted by Gasteiger charge is -2.18. The van der Waals surface area contributed by atoms with E-state index in [4.69, 9.17) is 27.9 Å². The van der Waals surface area contributed by atoms with Gasteiger partial charge in [-0.15, -0.1) is 0 Å². The van der Waals surface area contributed by atoms with Crippen molar-refractivity contribution in [2.75, 3.05) is 6.61 Å². The summed E-state index contributed by atoms with van der Waals surface area (Å²) in [6.45, 7) is 2.22. The molecule has 1 saturated carbocycles. The van der Waals surface area contributed by atoms with E-state index in [0.717, 1.165) is 12.8 Å². The molecule has 2 aromatic carbocycles. The lowest BCUT2D eigenvalue weighted by molar-refractivity contribution is -0.130. The Morgan fingerprint density at radius 2 is 1.89 bits per heavy atom. The zero-order valence-electron chi connectivity index (χ0n) is 14.8. The molecule has 0 spiro atoms. The number of hydrogen-bond acceptors (Lipinski definition) is 3. The first-order chi connectivity index (χ1) is 12.9. The van der Waals surface area contributed by atoms with Crippen LogP contribution in [-0.2, 0) is 4.79 Å². The highest BCUT2D eigenvalue weighted by Gasteiger charge is 2.24. The van der Waals surface area contributed by atoms with E-state index >= 15 is 0 Å². The molecule has 0 saturated heterocycles. The van der Waals surface area contributed by atoms with E-state index in [1.54, 1.807) is 43.3 Å². The molecule has 3 rings (SSSR count). The maximum Gasteiger partial charge on any atom is 0.335 e. The van der Waals surface area contributed by atoms with Crippen LogP contribution < -0.4 is 4.74 Å². The lowest BCUT2D eigenvalue weighted by atomic mass is 9.92. The van der Waals surface area contributed by atoms with Gasteiger partial charge in [-0.3, -0.25) is 0 Å². The van der Waals surface area contributed by atoms with Crippen LogP contribution in [-0.4, -0.2) is 22.8 Å². The maximum absolute atomic E-state index is 11.5. The summed E-state index contributed by atoms with van der Waals surface area (Å²) in [5.74, 6) is -0.0873. The highest BCUT2D eigenvalue weighted by atomic mass is 35.5. The maximum atomic E-state index is 11.5. The largest absolute Gasteiger partial charge is 0.490 e. The Labute approximate surface area is 168 Å². The fourth-order valence-electron chi connectivity index (χ4n) is 2.92. The van der Waals surface area contributed by atoms with Crippen LogP contribution in [0.15, 0.2) is 42.5 Å². The summed E-state index contributed by atoms with van der Waals surface area (Å²) >= 11 is 12.6. The molecule has 1 aliphatic rings. The number of hydrogen-bond donors (Lipinski definition) is 2. The van der Waals surface area contributed by atoms with Gasteiger partial charge in [-0.1, -0.05) is 53.5 Å². The summed E-state index contributed by atoms with van der Waals surface area (Å²) in [6, 6.07) is 10.0. The van der Waals surface area contributed by atoms with E-state index in [0.29, 0.717) is 45.0 Å². The molecular weight excluding hydrogens is 387 g/mol. The van der Waals surface area contributed by atoms with Gasteiger partial charge in [0.1, 0.15) is 6.10 Å². The van der Waals surface area contributed by atoms with Crippen LogP contribution in [0.4, 0.5) is 0 Å². The highest BCUT2D eigenvalue weighted by Crippen LogP contribution is 2.40. The van der Waals surface area contributed by atoms with Crippen molar-refractivity contribution in [2.24, 2.45) is 5.92 Å². The van der Waals surface area contributed by atoms with Crippen LogP contribution in [0.3, 0.4) is 0 Å². The summed E-state index contributed by atoms with van der Waals surface area (Å²) in [6.07, 6.45) is 2.73. The van der Waals surface area contributed by atoms with Gasteiger partial charge in [-0.05, 0) is 54.5 Å². The van der Waals surface area contributed by atoms with Gasteiger partial charge in [-0.2, -0.15) is 0 Å². The van der Waals surface area contributed by atoms with Crippen molar-refractivity contribution < 1.29 is 19.7 Å². The van der Waals surface area contributed by atoms with Crippen molar-refractivity contribution in [1.82, 2.24) is 0 Å². The molecule has 0 radical (unpaired) electrons. The second kappa shape index (κ2) is 8.34. The molecule has 2 aromatic rings. The first kappa shape index (κ1) is 19.7. The summed E-state index contributed by atoms with van der Waals surface area (Å²) in [5, 5.41) is 21.0. The molecule has 2 N–H and O–H groups in total. The molecule has 27 heavy (non-hydrogen) atoms. The number of aliphatic carboxylic acids is 1. The second-order valence-electron chi connectivity index (χ2n) is 6.57. The predicted molar refractivity (Wildman–Crippen MR) is 106 cm³/mol. The molecule has 0 aromatic heterocycles. The second-order valence-corrected chi connectivity index (χ2v) is 7.38. The number of benzene rings is 2. The minimum absolute atomic E-state index is 0.117. The Morgan fingerprint density at radius 3 is 2.44 bits per heavy atom. The Kier molecular flexibility index (Phi) is 6.10. The molecule has 0 bridgehead atoms. The third-order valence-corrected chi connectivity index (χ3v) is 5.12. The first-order valence-corrected chi connectivity index (χ1v) is 9.46. The Balaban J connectivity index is 1.94. The van der Waals surface area contributed by atoms with E-state index < -0.39 is 12.1 Å². The lowest BCUT2D eigenvalue weighted by Crippen LogP contribution is -2.08. The monoisotopic (exact) mass is 406 g/mol. The van der Waals surface area contributed by atoms with Gasteiger partial charge in [0, 0.05) is 0 Å². The van der Waals surface area contributed by atoms with Crippen molar-refractivity contribution in [3.8, 4) is 5.75 Å². The number of carbonyl (C=O) groups is 1. The van der Waals surface area contributed by atoms with Crippen LogP contribution in [0, 0.1) is 5.92 Å². The molecule has 1 fully saturated rings. The Morgan fingerprint density at radius 1 is 1.26 bits per heavy atom. The van der Waals surface area contributed by atoms with E-state index in [1.165, 1.54) is 6.08 Å². The van der Waals surface area contributed by atoms with Gasteiger partial charge in [0.2, 0.25) is 0 Å². The topological polar surface area (TPSA) is 66.8 Å². The first-order valence-electron chi connectivity index (χ1n) is 8.71. The molecule has 1 unspecified atom stereocenters. The van der Waals surface area contributed by atoms with Crippen LogP contribution in [0.25, 0.3) is 5.57 Å². The van der Waals surface area contributed by atoms with Crippen molar-refractivity contribution >= 4 is 34.7 Å². The van der Waals surface area contributed by atoms with Gasteiger partial charge in [-0.25, -0.2) is 4.79 Å². The minimum Gasteiger partial charge on any atom is -0.490 e. The molecule has 0 heterocycles. The van der Waals surface area contributed by atoms with Crippen molar-refractivity contribution in [3.05, 3.63) is 69.2 Å². The van der Waals surface area contributed by atoms with E-state index in [-0.39, 0.29) is 5.57 Å². The van der Waals surface area contributed by atoms with Gasteiger partial charge in [0.15, 0.2) is 5.75 Å². The van der Waals surface area contributed by atoms with Crippen LogP contribution in [0.1, 0.15) is 42.6 Å². The van der Waals surface area contributed by atoms with E-state index in [9.17, 15) is 15.0 Å². The number of ether oxygens (including phenoxy) is 1. The smallest absolute Gasteiger partial charge is 0.335 e. The number of carboxylic acid groups (broad SMARTS) is 1. The number of halogens is 2. The zero-order valence-corrected chi connectivity index (χ0v) is 16.3. The van der Waals surface area contributed by atoms with Gasteiger partial charge >= 0.3 is 5.97 Å². The summed E-state index contributed by atoms with van der Waals surface area (Å²) in [7, 11) is 0. The normalized spacial score (nSPS) is 15.5. The van der Waals surface area contributed by atoms with Crippen LogP contribution in [0.2, 0.25) is 10.0 Å². The third kappa shape index (κ3) is 4.46. The molecule has 0 aliphatic heterocycles. The van der Waals surface area contributed by atoms with E-state index in [1.807, 2.05) is 0 Å². The number of allylic oxidation sites excluding steroid dienone is 1. The predicted octanol–water partition coefficient (Wildman–Crippen LogP) is 5.35. The molecule has 6 heteroatoms. The molecule has 4 nitrogen and oxygen atoms in total. The van der Waals surface area contributed by atoms with Crippen LogP contribution >= 0.6 is 23.2 Å². The minimum atomic E-state index is -1.08. The summed E-state index contributed by atoms with van der Waals surface area (Å²) in [5.41, 5.74) is 1.50. The summed E-state index contributed by atoms with van der Waals surface area (Å²) in [4.78, 5) is 11.5. The molecule has 0 amide bonds. The number of aliphatic hydroxyl groups is 1. The van der Waals surface area contributed by atoms with Gasteiger partial charge < -0.3 is 14.9 Å². The average Bonchev–Trinajstić information content (AvgIpc) is 3.45. The Hall–Kier alpha value is -2.01. The fraction of sp³-hybridized carbons (Fsp3) is 0.286. The molecule has 142 valence electrons. The number of carboxylic acids is 1. The zero-order chi connectivity index (χ0) is 19.6. The highest BCUT2D eigenvalue weighted by molar-refractivity contribution is 6.37. The number of rotatable bonds is 7. The standard InChI is InChI=1S/C21H20Cl2O4/c1-2-14(21(25)26)15-5-3-4-6-16(15)19(24)13-9-17(22)20(18(23)10-13)27-11-12-7-8-12/h2-6,9-10,12,19,24H,7-8,11H2,1H3,(H,25,26)/b14-2+. The molecule has 1 atom stereocenters. The SMILES string of the molecule is C/C=C(/C(=O)O)c1ccccc1C(O)c1cc(Cl)c(OCC2CC2)c(Cl)c1. The Bertz CT molecular complexity index is 864. The van der Waals surface area contributed by atoms with Crippen molar-refractivity contribution in [1.29, 1.82) is 0 Å².